The summed E-state index contributed by atoms with van der Waals surface area (Å²) in [6.07, 6.45) is 4.17. The third kappa shape index (κ3) is 4.04. The van der Waals surface area contributed by atoms with Crippen molar-refractivity contribution in [1.29, 1.82) is 0 Å². The van der Waals surface area contributed by atoms with Gasteiger partial charge in [-0.1, -0.05) is 6.42 Å². The number of likely N-dealkylation sites (tertiary alicyclic amines) is 1. The molecule has 108 valence electrons. The highest BCUT2D eigenvalue weighted by Crippen LogP contribution is 2.26. The highest BCUT2D eigenvalue weighted by atomic mass is 32.1. The Morgan fingerprint density at radius 1 is 1.21 bits per heavy atom. The summed E-state index contributed by atoms with van der Waals surface area (Å²) in [6.45, 7) is 12.7. The summed E-state index contributed by atoms with van der Waals surface area (Å²) < 4.78 is 0. The molecule has 1 aliphatic rings. The van der Waals surface area contributed by atoms with Crippen LogP contribution < -0.4 is 5.32 Å². The zero-order chi connectivity index (χ0) is 13.8. The number of piperidine rings is 1. The minimum atomic E-state index is 0.470. The molecule has 1 aromatic rings. The lowest BCUT2D eigenvalue weighted by Crippen LogP contribution is -2.43. The third-order valence-electron chi connectivity index (χ3n) is 4.28. The topological polar surface area (TPSA) is 15.3 Å². The standard InChI is InChI=1S/C16H28N2S/c1-12(18-8-6-5-7-9-18)11-17-14(3)16-10-13(2)19-15(16)4/h10,12,14,17H,5-9,11H2,1-4H3. The maximum absolute atomic E-state index is 3.72. The molecule has 1 N–H and O–H groups in total. The number of nitrogens with one attached hydrogen (secondary N) is 1. The van der Waals surface area contributed by atoms with Crippen LogP contribution in [0.5, 0.6) is 0 Å². The van der Waals surface area contributed by atoms with Crippen LogP contribution in [0.2, 0.25) is 0 Å². The van der Waals surface area contributed by atoms with Gasteiger partial charge < -0.3 is 5.32 Å². The predicted molar refractivity (Wildman–Crippen MR) is 85.1 cm³/mol. The summed E-state index contributed by atoms with van der Waals surface area (Å²) >= 11 is 1.91. The molecule has 2 atom stereocenters. The van der Waals surface area contributed by atoms with Gasteiger partial charge in [-0.3, -0.25) is 4.90 Å². The Bertz CT molecular complexity index is 393. The average Bonchev–Trinajstić information content (AvgIpc) is 2.75. The highest BCUT2D eigenvalue weighted by Gasteiger charge is 2.18. The van der Waals surface area contributed by atoms with Gasteiger partial charge in [0.25, 0.3) is 0 Å². The van der Waals surface area contributed by atoms with Crippen molar-refractivity contribution in [1.82, 2.24) is 10.2 Å². The van der Waals surface area contributed by atoms with Crippen LogP contribution in [-0.4, -0.2) is 30.6 Å². The number of rotatable bonds is 5. The van der Waals surface area contributed by atoms with Crippen LogP contribution in [0.4, 0.5) is 0 Å². The first-order valence-corrected chi connectivity index (χ1v) is 8.44. The van der Waals surface area contributed by atoms with Gasteiger partial charge >= 0.3 is 0 Å². The Labute approximate surface area is 122 Å². The second kappa shape index (κ2) is 6.87. The largest absolute Gasteiger partial charge is 0.309 e. The van der Waals surface area contributed by atoms with Crippen molar-refractivity contribution in [2.24, 2.45) is 0 Å². The second-order valence-corrected chi connectivity index (χ2v) is 7.40. The van der Waals surface area contributed by atoms with Crippen LogP contribution in [0.3, 0.4) is 0 Å². The number of nitrogens with zero attached hydrogens (tertiary/aromatic N) is 1. The Morgan fingerprint density at radius 3 is 2.47 bits per heavy atom. The molecular weight excluding hydrogens is 252 g/mol. The molecule has 0 aromatic carbocycles. The SMILES string of the molecule is Cc1cc(C(C)NCC(C)N2CCCCC2)c(C)s1. The van der Waals surface area contributed by atoms with Crippen LogP contribution in [0.1, 0.15) is 54.5 Å². The van der Waals surface area contributed by atoms with Crippen LogP contribution >= 0.6 is 11.3 Å². The maximum Gasteiger partial charge on any atom is 0.0303 e. The van der Waals surface area contributed by atoms with Gasteiger partial charge in [-0.25, -0.2) is 0 Å². The molecule has 1 fully saturated rings. The molecule has 2 unspecified atom stereocenters. The molecule has 19 heavy (non-hydrogen) atoms. The molecular formula is C16H28N2S. The predicted octanol–water partition coefficient (Wildman–Crippen LogP) is 3.89. The zero-order valence-corrected chi connectivity index (χ0v) is 13.6. The van der Waals surface area contributed by atoms with E-state index in [9.17, 15) is 0 Å². The molecule has 0 bridgehead atoms. The van der Waals surface area contributed by atoms with Gasteiger partial charge in [-0.05, 0) is 65.3 Å². The van der Waals surface area contributed by atoms with Crippen molar-refractivity contribution in [3.63, 3.8) is 0 Å². The van der Waals surface area contributed by atoms with Gasteiger partial charge in [0.1, 0.15) is 0 Å². The zero-order valence-electron chi connectivity index (χ0n) is 12.8. The lowest BCUT2D eigenvalue weighted by molar-refractivity contribution is 0.168. The molecule has 1 saturated heterocycles. The normalized spacial score (nSPS) is 20.4. The number of thiophene rings is 1. The molecule has 3 heteroatoms. The molecule has 0 amide bonds. The van der Waals surface area contributed by atoms with E-state index in [2.05, 4.69) is 44.0 Å². The van der Waals surface area contributed by atoms with Crippen molar-refractivity contribution in [3.05, 3.63) is 21.4 Å². The summed E-state index contributed by atoms with van der Waals surface area (Å²) in [5.41, 5.74) is 1.48. The van der Waals surface area contributed by atoms with E-state index in [1.54, 1.807) is 0 Å². The number of hydrogen-bond acceptors (Lipinski definition) is 3. The van der Waals surface area contributed by atoms with E-state index in [1.165, 1.54) is 47.7 Å². The number of aryl methyl sites for hydroxylation is 2. The van der Waals surface area contributed by atoms with Crippen LogP contribution in [0.25, 0.3) is 0 Å². The van der Waals surface area contributed by atoms with Crippen molar-refractivity contribution in [2.45, 2.75) is 59.0 Å². The summed E-state index contributed by atoms with van der Waals surface area (Å²) in [7, 11) is 0. The van der Waals surface area contributed by atoms with E-state index in [0.717, 1.165) is 6.54 Å². The fraction of sp³-hybridized carbons (Fsp3) is 0.750. The van der Waals surface area contributed by atoms with Gasteiger partial charge in [-0.2, -0.15) is 0 Å². The summed E-state index contributed by atoms with van der Waals surface area (Å²) in [6, 6.07) is 3.46. The summed E-state index contributed by atoms with van der Waals surface area (Å²) in [5, 5.41) is 3.72. The monoisotopic (exact) mass is 280 g/mol. The van der Waals surface area contributed by atoms with E-state index < -0.39 is 0 Å². The first-order valence-electron chi connectivity index (χ1n) is 7.62. The van der Waals surface area contributed by atoms with Crippen molar-refractivity contribution in [2.75, 3.05) is 19.6 Å². The Morgan fingerprint density at radius 2 is 1.89 bits per heavy atom. The molecule has 0 aliphatic carbocycles. The lowest BCUT2D eigenvalue weighted by Gasteiger charge is -2.33. The fourth-order valence-electron chi connectivity index (χ4n) is 3.03. The lowest BCUT2D eigenvalue weighted by atomic mass is 10.1. The van der Waals surface area contributed by atoms with E-state index >= 15 is 0 Å². The van der Waals surface area contributed by atoms with Gasteiger partial charge in [0, 0.05) is 28.4 Å². The second-order valence-electron chi connectivity index (χ2n) is 5.94. The first-order chi connectivity index (χ1) is 9.08. The third-order valence-corrected chi connectivity index (χ3v) is 5.26. The van der Waals surface area contributed by atoms with Crippen LogP contribution in [0.15, 0.2) is 6.07 Å². The van der Waals surface area contributed by atoms with Crippen LogP contribution in [0, 0.1) is 13.8 Å². The molecule has 0 spiro atoms. The van der Waals surface area contributed by atoms with E-state index in [0.29, 0.717) is 12.1 Å². The molecule has 1 aromatic heterocycles. The summed E-state index contributed by atoms with van der Waals surface area (Å²) in [5.74, 6) is 0. The van der Waals surface area contributed by atoms with Crippen molar-refractivity contribution in [3.8, 4) is 0 Å². The van der Waals surface area contributed by atoms with Crippen molar-refractivity contribution >= 4 is 11.3 Å². The molecule has 2 nitrogen and oxygen atoms in total. The van der Waals surface area contributed by atoms with Crippen molar-refractivity contribution < 1.29 is 0 Å². The smallest absolute Gasteiger partial charge is 0.0303 e. The van der Waals surface area contributed by atoms with Gasteiger partial charge in [-0.15, -0.1) is 11.3 Å². The first kappa shape index (κ1) is 15.0. The molecule has 1 aliphatic heterocycles. The van der Waals surface area contributed by atoms with E-state index in [4.69, 9.17) is 0 Å². The summed E-state index contributed by atoms with van der Waals surface area (Å²) in [4.78, 5) is 5.52. The minimum Gasteiger partial charge on any atom is -0.309 e. The molecule has 2 rings (SSSR count). The Balaban J connectivity index is 1.82. The maximum atomic E-state index is 3.72. The molecule has 0 radical (unpaired) electrons. The quantitative estimate of drug-likeness (QED) is 0.880. The number of hydrogen-bond donors (Lipinski definition) is 1. The highest BCUT2D eigenvalue weighted by molar-refractivity contribution is 7.12. The molecule has 2 heterocycles. The van der Waals surface area contributed by atoms with Crippen LogP contribution in [-0.2, 0) is 0 Å². The average molecular weight is 280 g/mol. The van der Waals surface area contributed by atoms with E-state index in [1.807, 2.05) is 11.3 Å². The Hall–Kier alpha value is -0.380. The van der Waals surface area contributed by atoms with Gasteiger partial charge in [0.2, 0.25) is 0 Å². The van der Waals surface area contributed by atoms with E-state index in [-0.39, 0.29) is 0 Å². The van der Waals surface area contributed by atoms with Gasteiger partial charge in [0.05, 0.1) is 0 Å². The minimum absolute atomic E-state index is 0.470. The fourth-order valence-corrected chi connectivity index (χ4v) is 4.05. The van der Waals surface area contributed by atoms with Gasteiger partial charge in [0.15, 0.2) is 0 Å². The Kier molecular flexibility index (Phi) is 5.43. The molecule has 0 saturated carbocycles.